The van der Waals surface area contributed by atoms with E-state index in [9.17, 15) is 45.5 Å². The summed E-state index contributed by atoms with van der Waals surface area (Å²) in [6.07, 6.45) is -9.19. The molecule has 0 aliphatic carbocycles. The second-order valence-electron chi connectivity index (χ2n) is 7.82. The Bertz CT molecular complexity index is 1360. The molecular weight excluding hydrogens is 559 g/mol. The highest BCUT2D eigenvalue weighted by Gasteiger charge is 2.37. The number of carbonyl (C=O) groups excluding carboxylic acids is 1. The van der Waals surface area contributed by atoms with Crippen LogP contribution in [0.3, 0.4) is 0 Å². The van der Waals surface area contributed by atoms with Gasteiger partial charge in [-0.1, -0.05) is 24.3 Å². The first kappa shape index (κ1) is 29.8. The average Bonchev–Trinajstić information content (AvgIpc) is 2.83. The van der Waals surface area contributed by atoms with Gasteiger partial charge in [-0.15, -0.1) is 0 Å². The molecule has 0 radical (unpaired) electrons. The maximum atomic E-state index is 13.6. The molecule has 3 rings (SSSR count). The molecule has 0 bridgehead atoms. The minimum atomic E-state index is -5.15. The van der Waals surface area contributed by atoms with Gasteiger partial charge in [-0.05, 0) is 29.8 Å². The van der Waals surface area contributed by atoms with E-state index in [-0.39, 0.29) is 28.5 Å². The summed E-state index contributed by atoms with van der Waals surface area (Å²) in [5.41, 5.74) is -1.32. The van der Waals surface area contributed by atoms with Crippen molar-refractivity contribution in [1.29, 1.82) is 0 Å². The van der Waals surface area contributed by atoms with E-state index < -0.39 is 49.7 Å². The van der Waals surface area contributed by atoms with Gasteiger partial charge in [0.25, 0.3) is 5.91 Å². The average molecular weight is 579 g/mol. The molecule has 39 heavy (non-hydrogen) atoms. The number of alkyl halides is 6. The van der Waals surface area contributed by atoms with Gasteiger partial charge in [-0.3, -0.25) is 9.36 Å². The van der Waals surface area contributed by atoms with Crippen molar-refractivity contribution in [3.05, 3.63) is 71.4 Å². The number of carbonyl (C=O) groups is 1. The molecule has 17 heteroatoms. The van der Waals surface area contributed by atoms with E-state index in [1.165, 1.54) is 43.4 Å². The van der Waals surface area contributed by atoms with E-state index in [1.54, 1.807) is 0 Å². The van der Waals surface area contributed by atoms with Gasteiger partial charge in [0.1, 0.15) is 18.0 Å². The lowest BCUT2D eigenvalue weighted by Crippen LogP contribution is -2.20. The van der Waals surface area contributed by atoms with E-state index in [4.69, 9.17) is 0 Å². The zero-order valence-corrected chi connectivity index (χ0v) is 20.6. The minimum Gasteiger partial charge on any atom is -0.355 e. The first-order valence-corrected chi connectivity index (χ1v) is 12.4. The van der Waals surface area contributed by atoms with Crippen LogP contribution in [0.4, 0.5) is 49.5 Å². The van der Waals surface area contributed by atoms with E-state index >= 15 is 0 Å². The lowest BCUT2D eigenvalue weighted by atomic mass is 10.1. The molecule has 0 aliphatic rings. The zero-order chi connectivity index (χ0) is 29.0. The minimum absolute atomic E-state index is 0.0266. The molecule has 2 aromatic carbocycles. The second-order valence-corrected chi connectivity index (χ2v) is 9.47. The smallest absolute Gasteiger partial charge is 0.355 e. The topological polar surface area (TPSA) is 146 Å². The van der Waals surface area contributed by atoms with Crippen LogP contribution in [0.5, 0.6) is 0 Å². The SMILES string of the molecule is CNC(=O)c1ccccc1Nc1nc(Nc2ccc(C(OCC(F)(F)F)P(=O)(O)O)cc2)ncc1C(F)(F)F. The molecule has 0 fully saturated rings. The van der Waals surface area contributed by atoms with Crippen molar-refractivity contribution in [1.82, 2.24) is 15.3 Å². The Morgan fingerprint density at radius 3 is 2.23 bits per heavy atom. The molecule has 1 amide bonds. The maximum Gasteiger partial charge on any atom is 0.421 e. The Labute approximate surface area is 216 Å². The van der Waals surface area contributed by atoms with Crippen LogP contribution in [0, 0.1) is 0 Å². The number of aromatic nitrogens is 2. The van der Waals surface area contributed by atoms with Crippen molar-refractivity contribution in [3.8, 4) is 0 Å². The second kappa shape index (κ2) is 11.6. The highest BCUT2D eigenvalue weighted by Crippen LogP contribution is 2.53. The van der Waals surface area contributed by atoms with E-state index in [2.05, 4.69) is 30.7 Å². The summed E-state index contributed by atoms with van der Waals surface area (Å²) in [6, 6.07) is 10.3. The van der Waals surface area contributed by atoms with Crippen LogP contribution in [0.15, 0.2) is 54.7 Å². The fourth-order valence-corrected chi connectivity index (χ4v) is 4.05. The number of para-hydroxylation sites is 1. The van der Waals surface area contributed by atoms with Crippen LogP contribution < -0.4 is 16.0 Å². The molecule has 1 atom stereocenters. The highest BCUT2D eigenvalue weighted by atomic mass is 31.2. The summed E-state index contributed by atoms with van der Waals surface area (Å²) >= 11 is 0. The third-order valence-electron chi connectivity index (χ3n) is 4.91. The predicted molar refractivity (Wildman–Crippen MR) is 127 cm³/mol. The third-order valence-corrected chi connectivity index (χ3v) is 5.97. The molecule has 0 saturated carbocycles. The number of anilines is 4. The lowest BCUT2D eigenvalue weighted by Gasteiger charge is -2.20. The number of ether oxygens (including phenoxy) is 1. The molecule has 10 nitrogen and oxygen atoms in total. The van der Waals surface area contributed by atoms with Crippen molar-refractivity contribution >= 4 is 36.6 Å². The normalized spacial score (nSPS) is 13.1. The van der Waals surface area contributed by atoms with Gasteiger partial charge < -0.3 is 30.5 Å². The van der Waals surface area contributed by atoms with Crippen LogP contribution in [0.1, 0.15) is 27.3 Å². The Morgan fingerprint density at radius 1 is 1.03 bits per heavy atom. The fourth-order valence-electron chi connectivity index (χ4n) is 3.22. The monoisotopic (exact) mass is 579 g/mol. The lowest BCUT2D eigenvalue weighted by molar-refractivity contribution is -0.179. The fraction of sp³-hybridized carbons (Fsp3) is 0.227. The number of hydrogen-bond acceptors (Lipinski definition) is 7. The Hall–Kier alpha value is -3.72. The number of nitrogens with zero attached hydrogens (tertiary/aromatic N) is 2. The van der Waals surface area contributed by atoms with E-state index in [0.29, 0.717) is 6.20 Å². The Balaban J connectivity index is 1.89. The van der Waals surface area contributed by atoms with E-state index in [0.717, 1.165) is 12.1 Å². The van der Waals surface area contributed by atoms with Crippen LogP contribution in [-0.4, -0.2) is 45.5 Å². The predicted octanol–water partition coefficient (Wildman–Crippen LogP) is 5.10. The number of halogens is 6. The van der Waals surface area contributed by atoms with Crippen LogP contribution in [0.2, 0.25) is 0 Å². The van der Waals surface area contributed by atoms with Crippen molar-refractivity contribution in [2.24, 2.45) is 0 Å². The van der Waals surface area contributed by atoms with Gasteiger partial charge in [-0.25, -0.2) is 4.98 Å². The summed E-state index contributed by atoms with van der Waals surface area (Å²) in [5.74, 6) is -3.79. The van der Waals surface area contributed by atoms with Crippen molar-refractivity contribution < 1.29 is 50.2 Å². The first-order valence-electron chi connectivity index (χ1n) is 10.7. The highest BCUT2D eigenvalue weighted by molar-refractivity contribution is 7.52. The van der Waals surface area contributed by atoms with Gasteiger partial charge in [0.15, 0.2) is 5.85 Å². The van der Waals surface area contributed by atoms with E-state index in [1.807, 2.05) is 0 Å². The number of amides is 1. The summed E-state index contributed by atoms with van der Waals surface area (Å²) < 4.78 is 94.4. The van der Waals surface area contributed by atoms with Crippen molar-refractivity contribution in [2.75, 3.05) is 24.3 Å². The number of nitrogens with one attached hydrogen (secondary N) is 3. The van der Waals surface area contributed by atoms with Gasteiger partial charge in [0.2, 0.25) is 5.95 Å². The van der Waals surface area contributed by atoms with Gasteiger partial charge in [-0.2, -0.15) is 31.3 Å². The Kier molecular flexibility index (Phi) is 8.85. The van der Waals surface area contributed by atoms with Crippen LogP contribution >= 0.6 is 7.60 Å². The number of rotatable bonds is 9. The van der Waals surface area contributed by atoms with Crippen molar-refractivity contribution in [2.45, 2.75) is 18.2 Å². The van der Waals surface area contributed by atoms with Crippen molar-refractivity contribution in [3.63, 3.8) is 0 Å². The van der Waals surface area contributed by atoms with Gasteiger partial charge in [0, 0.05) is 18.9 Å². The summed E-state index contributed by atoms with van der Waals surface area (Å²) in [6.45, 7) is -1.90. The summed E-state index contributed by atoms with van der Waals surface area (Å²) in [5, 5.41) is 7.46. The quantitative estimate of drug-likeness (QED) is 0.173. The molecule has 0 spiro atoms. The van der Waals surface area contributed by atoms with Crippen LogP contribution in [0.25, 0.3) is 0 Å². The molecule has 1 heterocycles. The van der Waals surface area contributed by atoms with Crippen LogP contribution in [-0.2, 0) is 15.5 Å². The molecule has 1 aromatic heterocycles. The number of hydrogen-bond donors (Lipinski definition) is 5. The van der Waals surface area contributed by atoms with Gasteiger partial charge >= 0.3 is 19.9 Å². The molecule has 210 valence electrons. The molecule has 1 unspecified atom stereocenters. The standard InChI is InChI=1S/C22H20F6N5O5P/c1-29-18(34)14-4-2-3-5-16(14)32-17-15(22(26,27)28)10-30-20(33-17)31-13-8-6-12(7-9-13)19(39(35,36)37)38-11-21(23,24)25/h2-10,19H,11H2,1H3,(H,29,34)(H2,35,36,37)(H2,30,31,32,33). The maximum absolute atomic E-state index is 13.6. The molecule has 3 aromatic rings. The zero-order valence-electron chi connectivity index (χ0n) is 19.7. The third kappa shape index (κ3) is 8.13. The first-order chi connectivity index (χ1) is 18.1. The molecule has 0 saturated heterocycles. The molecular formula is C22H20F6N5O5P. The number of benzene rings is 2. The largest absolute Gasteiger partial charge is 0.421 e. The molecule has 5 N–H and O–H groups in total. The molecule has 0 aliphatic heterocycles. The van der Waals surface area contributed by atoms with Gasteiger partial charge in [0.05, 0.1) is 11.3 Å². The summed E-state index contributed by atoms with van der Waals surface area (Å²) in [7, 11) is -3.80. The summed E-state index contributed by atoms with van der Waals surface area (Å²) in [4.78, 5) is 38.4. The Morgan fingerprint density at radius 2 is 1.67 bits per heavy atom.